The van der Waals surface area contributed by atoms with Gasteiger partial charge in [0.25, 0.3) is 0 Å². The van der Waals surface area contributed by atoms with Gasteiger partial charge in [-0.05, 0) is 25.8 Å². The number of carbonyl (C=O) groups excluding carboxylic acids is 1. The van der Waals surface area contributed by atoms with Gasteiger partial charge in [0, 0.05) is 5.57 Å². The molecule has 1 aliphatic rings. The van der Waals surface area contributed by atoms with Crippen molar-refractivity contribution in [3.05, 3.63) is 36.0 Å². The van der Waals surface area contributed by atoms with Crippen LogP contribution in [0.1, 0.15) is 20.3 Å². The number of allylic oxidation sites excluding steroid dienone is 3. The van der Waals surface area contributed by atoms with E-state index < -0.39 is 0 Å². The van der Waals surface area contributed by atoms with Crippen molar-refractivity contribution < 1.29 is 9.53 Å². The van der Waals surface area contributed by atoms with E-state index in [0.29, 0.717) is 5.57 Å². The maximum Gasteiger partial charge on any atom is 0.333 e. The van der Waals surface area contributed by atoms with Gasteiger partial charge in [0.1, 0.15) is 6.10 Å². The monoisotopic (exact) mass is 178 g/mol. The fraction of sp³-hybridized carbons (Fsp3) is 0.364. The van der Waals surface area contributed by atoms with Gasteiger partial charge >= 0.3 is 5.97 Å². The summed E-state index contributed by atoms with van der Waals surface area (Å²) in [5.41, 5.74) is 1.58. The Hall–Kier alpha value is -1.31. The minimum atomic E-state index is -0.319. The Balaban J connectivity index is 2.46. The average Bonchev–Trinajstić information content (AvgIpc) is 2.55. The first-order valence-corrected chi connectivity index (χ1v) is 4.33. The van der Waals surface area contributed by atoms with Crippen LogP contribution in [0, 0.1) is 0 Å². The molecule has 2 heteroatoms. The summed E-state index contributed by atoms with van der Waals surface area (Å²) in [6, 6.07) is 0. The molecule has 1 aliphatic carbocycles. The van der Waals surface area contributed by atoms with Crippen LogP contribution in [0.2, 0.25) is 0 Å². The van der Waals surface area contributed by atoms with Crippen LogP contribution >= 0.6 is 0 Å². The molecule has 1 atom stereocenters. The summed E-state index contributed by atoms with van der Waals surface area (Å²) in [4.78, 5) is 11.1. The molecule has 0 N–H and O–H groups in total. The Morgan fingerprint density at radius 3 is 2.85 bits per heavy atom. The summed E-state index contributed by atoms with van der Waals surface area (Å²) in [7, 11) is 0. The smallest absolute Gasteiger partial charge is 0.333 e. The molecule has 0 bridgehead atoms. The molecule has 0 saturated carbocycles. The first kappa shape index (κ1) is 9.78. The number of hydrogen-bond donors (Lipinski definition) is 0. The third-order valence-corrected chi connectivity index (χ3v) is 1.95. The lowest BCUT2D eigenvalue weighted by molar-refractivity contribution is -0.141. The summed E-state index contributed by atoms with van der Waals surface area (Å²) >= 11 is 0. The van der Waals surface area contributed by atoms with Crippen molar-refractivity contribution >= 4 is 5.97 Å². The molecule has 0 aromatic carbocycles. The molecule has 0 saturated heterocycles. The fourth-order valence-corrected chi connectivity index (χ4v) is 1.10. The highest BCUT2D eigenvalue weighted by molar-refractivity contribution is 5.87. The SMILES string of the molecule is C=C(C)C(=O)OC(C)C1=CC=CC1. The normalized spacial score (nSPS) is 16.6. The molecule has 0 aromatic heterocycles. The highest BCUT2D eigenvalue weighted by Crippen LogP contribution is 2.17. The number of rotatable bonds is 3. The Labute approximate surface area is 78.6 Å². The van der Waals surface area contributed by atoms with Gasteiger partial charge in [0.05, 0.1) is 0 Å². The summed E-state index contributed by atoms with van der Waals surface area (Å²) in [6.45, 7) is 7.05. The summed E-state index contributed by atoms with van der Waals surface area (Å²) in [5.74, 6) is -0.319. The van der Waals surface area contributed by atoms with Gasteiger partial charge in [-0.3, -0.25) is 0 Å². The van der Waals surface area contributed by atoms with E-state index in [2.05, 4.69) is 6.58 Å². The number of esters is 1. The Kier molecular flexibility index (Phi) is 3.07. The maximum atomic E-state index is 11.1. The van der Waals surface area contributed by atoms with Gasteiger partial charge in [0.2, 0.25) is 0 Å². The first-order valence-electron chi connectivity index (χ1n) is 4.33. The third kappa shape index (κ3) is 2.58. The van der Waals surface area contributed by atoms with E-state index in [4.69, 9.17) is 4.74 Å². The zero-order valence-electron chi connectivity index (χ0n) is 8.04. The lowest BCUT2D eigenvalue weighted by Crippen LogP contribution is -2.16. The molecule has 0 aromatic rings. The van der Waals surface area contributed by atoms with Crippen LogP contribution in [0.4, 0.5) is 0 Å². The molecule has 1 unspecified atom stereocenters. The second-order valence-corrected chi connectivity index (χ2v) is 3.20. The molecule has 0 heterocycles. The molecule has 0 fully saturated rings. The summed E-state index contributed by atoms with van der Waals surface area (Å²) in [5, 5.41) is 0. The van der Waals surface area contributed by atoms with Crippen molar-refractivity contribution in [2.45, 2.75) is 26.4 Å². The molecule has 13 heavy (non-hydrogen) atoms. The minimum absolute atomic E-state index is 0.140. The zero-order valence-corrected chi connectivity index (χ0v) is 8.04. The molecule has 70 valence electrons. The van der Waals surface area contributed by atoms with Crippen LogP contribution in [0.25, 0.3) is 0 Å². The molecule has 0 radical (unpaired) electrons. The van der Waals surface area contributed by atoms with Gasteiger partial charge in [-0.1, -0.05) is 24.8 Å². The van der Waals surface area contributed by atoms with Crippen LogP contribution in [-0.2, 0) is 9.53 Å². The van der Waals surface area contributed by atoms with Crippen LogP contribution in [0.5, 0.6) is 0 Å². The van der Waals surface area contributed by atoms with Crippen molar-refractivity contribution in [2.75, 3.05) is 0 Å². The number of hydrogen-bond acceptors (Lipinski definition) is 2. The Morgan fingerprint density at radius 1 is 1.69 bits per heavy atom. The molecule has 0 amide bonds. The van der Waals surface area contributed by atoms with E-state index in [-0.39, 0.29) is 12.1 Å². The first-order chi connectivity index (χ1) is 6.11. The van der Waals surface area contributed by atoms with Crippen LogP contribution < -0.4 is 0 Å². The van der Waals surface area contributed by atoms with Gasteiger partial charge in [0.15, 0.2) is 0 Å². The largest absolute Gasteiger partial charge is 0.455 e. The Bertz CT molecular complexity index is 284. The second-order valence-electron chi connectivity index (χ2n) is 3.20. The predicted octanol–water partition coefficient (Wildman–Crippen LogP) is 2.38. The number of carbonyl (C=O) groups is 1. The molecule has 1 rings (SSSR count). The topological polar surface area (TPSA) is 26.3 Å². The second kappa shape index (κ2) is 4.08. The Morgan fingerprint density at radius 2 is 2.38 bits per heavy atom. The third-order valence-electron chi connectivity index (χ3n) is 1.95. The van der Waals surface area contributed by atoms with Crippen LogP contribution in [-0.4, -0.2) is 12.1 Å². The minimum Gasteiger partial charge on any atom is -0.455 e. The van der Waals surface area contributed by atoms with Crippen LogP contribution in [0.3, 0.4) is 0 Å². The summed E-state index contributed by atoms with van der Waals surface area (Å²) < 4.78 is 5.15. The fourth-order valence-electron chi connectivity index (χ4n) is 1.10. The average molecular weight is 178 g/mol. The van der Waals surface area contributed by atoms with Crippen molar-refractivity contribution in [3.8, 4) is 0 Å². The van der Waals surface area contributed by atoms with Gasteiger partial charge in [-0.25, -0.2) is 4.79 Å². The van der Waals surface area contributed by atoms with E-state index >= 15 is 0 Å². The van der Waals surface area contributed by atoms with Crippen molar-refractivity contribution in [1.82, 2.24) is 0 Å². The molecule has 0 aliphatic heterocycles. The van der Waals surface area contributed by atoms with E-state index in [0.717, 1.165) is 12.0 Å². The van der Waals surface area contributed by atoms with E-state index in [9.17, 15) is 4.79 Å². The van der Waals surface area contributed by atoms with E-state index in [1.165, 1.54) is 0 Å². The van der Waals surface area contributed by atoms with Crippen molar-refractivity contribution in [2.24, 2.45) is 0 Å². The standard InChI is InChI=1S/C11H14O2/c1-8(2)11(12)13-9(3)10-6-4-5-7-10/h4-6,9H,1,7H2,2-3H3. The summed E-state index contributed by atoms with van der Waals surface area (Å²) in [6.07, 6.45) is 6.74. The maximum absolute atomic E-state index is 11.1. The van der Waals surface area contributed by atoms with E-state index in [1.807, 2.05) is 25.2 Å². The van der Waals surface area contributed by atoms with Gasteiger partial charge < -0.3 is 4.74 Å². The molecular formula is C11H14O2. The predicted molar refractivity (Wildman–Crippen MR) is 52.2 cm³/mol. The lowest BCUT2D eigenvalue weighted by atomic mass is 10.1. The van der Waals surface area contributed by atoms with Crippen molar-refractivity contribution in [1.29, 1.82) is 0 Å². The van der Waals surface area contributed by atoms with Crippen LogP contribution in [0.15, 0.2) is 36.0 Å². The number of ether oxygens (including phenoxy) is 1. The van der Waals surface area contributed by atoms with Gasteiger partial charge in [-0.15, -0.1) is 0 Å². The highest BCUT2D eigenvalue weighted by atomic mass is 16.5. The highest BCUT2D eigenvalue weighted by Gasteiger charge is 2.14. The van der Waals surface area contributed by atoms with Gasteiger partial charge in [-0.2, -0.15) is 0 Å². The lowest BCUT2D eigenvalue weighted by Gasteiger charge is -2.13. The van der Waals surface area contributed by atoms with E-state index in [1.54, 1.807) is 6.92 Å². The molecular weight excluding hydrogens is 164 g/mol. The molecule has 0 spiro atoms. The zero-order chi connectivity index (χ0) is 9.84. The molecule has 2 nitrogen and oxygen atoms in total. The van der Waals surface area contributed by atoms with Crippen molar-refractivity contribution in [3.63, 3.8) is 0 Å². The quantitative estimate of drug-likeness (QED) is 0.490.